The summed E-state index contributed by atoms with van der Waals surface area (Å²) in [6.07, 6.45) is 0.846. The third-order valence-electron chi connectivity index (χ3n) is 3.52. The summed E-state index contributed by atoms with van der Waals surface area (Å²) in [5, 5.41) is 7.25. The van der Waals surface area contributed by atoms with Crippen molar-refractivity contribution in [2.75, 3.05) is 19.0 Å². The number of aromatic nitrogens is 2. The minimum absolute atomic E-state index is 0.0973. The Hall–Kier alpha value is -2.24. The Morgan fingerprint density at radius 3 is 2.95 bits per heavy atom. The molecule has 2 aromatic rings. The summed E-state index contributed by atoms with van der Waals surface area (Å²) in [5.41, 5.74) is 1.08. The maximum atomic E-state index is 5.69. The van der Waals surface area contributed by atoms with E-state index in [0.29, 0.717) is 18.4 Å². The van der Waals surface area contributed by atoms with Crippen molar-refractivity contribution in [1.29, 1.82) is 0 Å². The van der Waals surface area contributed by atoms with Crippen LogP contribution in [0.1, 0.15) is 43.6 Å². The molecule has 1 N–H and O–H groups in total. The maximum Gasteiger partial charge on any atom is 0.321 e. The van der Waals surface area contributed by atoms with Gasteiger partial charge in [0.2, 0.25) is 0 Å². The minimum atomic E-state index is 0.0973. The number of anilines is 1. The highest BCUT2D eigenvalue weighted by atomic mass is 16.5. The lowest BCUT2D eigenvalue weighted by molar-refractivity contribution is 0.270. The van der Waals surface area contributed by atoms with Gasteiger partial charge in [-0.15, -0.1) is 0 Å². The van der Waals surface area contributed by atoms with E-state index >= 15 is 0 Å². The standard InChI is InChI=1S/C15H19N3O3/c1-9(2)14-17-15(21-18-14)16-12-6-7-20-13-8-10(19-3)4-5-11(12)13/h4-5,8-9,12H,6-7H2,1-3H3,(H,16,17,18)/t12-/m1/s1. The van der Waals surface area contributed by atoms with Crippen molar-refractivity contribution in [3.63, 3.8) is 0 Å². The molecule has 112 valence electrons. The summed E-state index contributed by atoms with van der Waals surface area (Å²) < 4.78 is 16.2. The fourth-order valence-electron chi connectivity index (χ4n) is 2.32. The van der Waals surface area contributed by atoms with Crippen LogP contribution in [0, 0.1) is 0 Å². The van der Waals surface area contributed by atoms with Gasteiger partial charge >= 0.3 is 6.01 Å². The molecule has 6 nitrogen and oxygen atoms in total. The van der Waals surface area contributed by atoms with E-state index in [1.54, 1.807) is 7.11 Å². The molecule has 0 fully saturated rings. The molecule has 0 spiro atoms. The van der Waals surface area contributed by atoms with Crippen molar-refractivity contribution < 1.29 is 14.0 Å². The van der Waals surface area contributed by atoms with E-state index in [2.05, 4.69) is 15.5 Å². The first-order valence-corrected chi connectivity index (χ1v) is 7.08. The topological polar surface area (TPSA) is 69.4 Å². The largest absolute Gasteiger partial charge is 0.497 e. The molecule has 2 heterocycles. The van der Waals surface area contributed by atoms with Gasteiger partial charge in [0, 0.05) is 24.0 Å². The molecule has 6 heteroatoms. The van der Waals surface area contributed by atoms with Crippen LogP contribution in [0.25, 0.3) is 0 Å². The van der Waals surface area contributed by atoms with Gasteiger partial charge in [-0.1, -0.05) is 19.0 Å². The van der Waals surface area contributed by atoms with Gasteiger partial charge < -0.3 is 19.3 Å². The molecular formula is C15H19N3O3. The summed E-state index contributed by atoms with van der Waals surface area (Å²) in [7, 11) is 1.65. The molecule has 0 bridgehead atoms. The van der Waals surface area contributed by atoms with Gasteiger partial charge in [-0.25, -0.2) is 0 Å². The zero-order valence-electron chi connectivity index (χ0n) is 12.4. The first-order valence-electron chi connectivity index (χ1n) is 7.08. The summed E-state index contributed by atoms with van der Waals surface area (Å²) in [6.45, 7) is 4.71. The second-order valence-corrected chi connectivity index (χ2v) is 5.35. The van der Waals surface area contributed by atoms with Gasteiger partial charge in [-0.05, 0) is 12.1 Å². The fourth-order valence-corrected chi connectivity index (χ4v) is 2.32. The number of hydrogen-bond donors (Lipinski definition) is 1. The van der Waals surface area contributed by atoms with Crippen molar-refractivity contribution >= 4 is 6.01 Å². The van der Waals surface area contributed by atoms with E-state index in [9.17, 15) is 0 Å². The number of ether oxygens (including phenoxy) is 2. The van der Waals surface area contributed by atoms with Gasteiger partial charge in [0.05, 0.1) is 19.8 Å². The Bertz CT molecular complexity index is 624. The molecule has 1 aliphatic rings. The lowest BCUT2D eigenvalue weighted by Crippen LogP contribution is -2.20. The monoisotopic (exact) mass is 289 g/mol. The number of methoxy groups -OCH3 is 1. The normalized spacial score (nSPS) is 17.2. The van der Waals surface area contributed by atoms with Gasteiger partial charge in [-0.3, -0.25) is 0 Å². The van der Waals surface area contributed by atoms with Crippen molar-refractivity contribution in [1.82, 2.24) is 10.1 Å². The summed E-state index contributed by atoms with van der Waals surface area (Å²) in [5.74, 6) is 2.58. The van der Waals surface area contributed by atoms with Crippen LogP contribution in [0.5, 0.6) is 11.5 Å². The quantitative estimate of drug-likeness (QED) is 0.932. The van der Waals surface area contributed by atoms with Crippen molar-refractivity contribution in [3.8, 4) is 11.5 Å². The van der Waals surface area contributed by atoms with Gasteiger partial charge in [0.1, 0.15) is 11.5 Å². The van der Waals surface area contributed by atoms with E-state index < -0.39 is 0 Å². The maximum absolute atomic E-state index is 5.69. The number of benzene rings is 1. The van der Waals surface area contributed by atoms with Crippen LogP contribution in [0.15, 0.2) is 22.7 Å². The first-order chi connectivity index (χ1) is 10.2. The molecule has 21 heavy (non-hydrogen) atoms. The summed E-state index contributed by atoms with van der Waals surface area (Å²) in [6, 6.07) is 6.38. The molecule has 0 saturated heterocycles. The molecule has 0 unspecified atom stereocenters. The fraction of sp³-hybridized carbons (Fsp3) is 0.467. The van der Waals surface area contributed by atoms with Crippen LogP contribution in [0.3, 0.4) is 0 Å². The third-order valence-corrected chi connectivity index (χ3v) is 3.52. The smallest absolute Gasteiger partial charge is 0.321 e. The first kappa shape index (κ1) is 13.7. The Kier molecular flexibility index (Phi) is 3.68. The highest BCUT2D eigenvalue weighted by Gasteiger charge is 2.24. The number of nitrogens with zero attached hydrogens (tertiary/aromatic N) is 2. The zero-order valence-corrected chi connectivity index (χ0v) is 12.4. The molecule has 0 saturated carbocycles. The van der Waals surface area contributed by atoms with Gasteiger partial charge in [0.25, 0.3) is 0 Å². The SMILES string of the molecule is COc1ccc2c(c1)OCC[C@H]2Nc1nc(C(C)C)no1. The van der Waals surface area contributed by atoms with E-state index in [-0.39, 0.29) is 12.0 Å². The van der Waals surface area contributed by atoms with Crippen LogP contribution >= 0.6 is 0 Å². The van der Waals surface area contributed by atoms with Crippen LogP contribution in [0.4, 0.5) is 6.01 Å². The molecule has 1 aromatic carbocycles. The second kappa shape index (κ2) is 5.63. The molecule has 0 aliphatic carbocycles. The van der Waals surface area contributed by atoms with Crippen molar-refractivity contribution in [3.05, 3.63) is 29.6 Å². The predicted molar refractivity (Wildman–Crippen MR) is 77.9 cm³/mol. The van der Waals surface area contributed by atoms with E-state index in [4.69, 9.17) is 14.0 Å². The Morgan fingerprint density at radius 2 is 2.24 bits per heavy atom. The van der Waals surface area contributed by atoms with Crippen LogP contribution in [-0.4, -0.2) is 23.9 Å². The molecule has 1 atom stereocenters. The lowest BCUT2D eigenvalue weighted by atomic mass is 10.0. The second-order valence-electron chi connectivity index (χ2n) is 5.35. The minimum Gasteiger partial charge on any atom is -0.497 e. The summed E-state index contributed by atoms with van der Waals surface area (Å²) >= 11 is 0. The highest BCUT2D eigenvalue weighted by molar-refractivity contribution is 5.46. The van der Waals surface area contributed by atoms with E-state index in [0.717, 1.165) is 23.5 Å². The van der Waals surface area contributed by atoms with Gasteiger partial charge in [0.15, 0.2) is 5.82 Å². The van der Waals surface area contributed by atoms with E-state index in [1.807, 2.05) is 32.0 Å². The van der Waals surface area contributed by atoms with Crippen molar-refractivity contribution in [2.45, 2.75) is 32.2 Å². The number of hydrogen-bond acceptors (Lipinski definition) is 6. The number of fused-ring (bicyclic) bond motifs is 1. The molecular weight excluding hydrogens is 270 g/mol. The predicted octanol–water partition coefficient (Wildman–Crippen LogP) is 3.14. The molecule has 1 aromatic heterocycles. The molecule has 3 rings (SSSR count). The van der Waals surface area contributed by atoms with Crippen LogP contribution in [0.2, 0.25) is 0 Å². The van der Waals surface area contributed by atoms with E-state index in [1.165, 1.54) is 0 Å². The molecule has 0 amide bonds. The molecule has 1 aliphatic heterocycles. The average Bonchev–Trinajstić information content (AvgIpc) is 2.96. The number of rotatable bonds is 4. The van der Waals surface area contributed by atoms with Gasteiger partial charge in [-0.2, -0.15) is 4.98 Å². The van der Waals surface area contributed by atoms with Crippen LogP contribution < -0.4 is 14.8 Å². The van der Waals surface area contributed by atoms with Crippen molar-refractivity contribution in [2.24, 2.45) is 0 Å². The molecule has 0 radical (unpaired) electrons. The lowest BCUT2D eigenvalue weighted by Gasteiger charge is -2.26. The summed E-state index contributed by atoms with van der Waals surface area (Å²) in [4.78, 5) is 4.36. The zero-order chi connectivity index (χ0) is 14.8. The average molecular weight is 289 g/mol. The third kappa shape index (κ3) is 2.79. The number of nitrogens with one attached hydrogen (secondary N) is 1. The van der Waals surface area contributed by atoms with Crippen LogP contribution in [-0.2, 0) is 0 Å². The Morgan fingerprint density at radius 1 is 1.38 bits per heavy atom. The Balaban J connectivity index is 1.81. The Labute approximate surface area is 123 Å². The highest BCUT2D eigenvalue weighted by Crippen LogP contribution is 2.36.